The number of aromatic nitrogens is 3. The van der Waals surface area contributed by atoms with Crippen LogP contribution in [0.1, 0.15) is 48.3 Å². The van der Waals surface area contributed by atoms with Crippen LogP contribution in [0, 0.1) is 0 Å². The minimum atomic E-state index is -0.279. The van der Waals surface area contributed by atoms with Crippen LogP contribution in [0.25, 0.3) is 11.3 Å². The lowest BCUT2D eigenvalue weighted by Gasteiger charge is -2.25. The monoisotopic (exact) mass is 407 g/mol. The number of rotatable bonds is 5. The predicted molar refractivity (Wildman–Crippen MR) is 114 cm³/mol. The van der Waals surface area contributed by atoms with Crippen molar-refractivity contribution < 1.29 is 14.7 Å². The Kier molecular flexibility index (Phi) is 5.31. The van der Waals surface area contributed by atoms with Gasteiger partial charge in [0.2, 0.25) is 0 Å². The molecule has 1 aliphatic rings. The van der Waals surface area contributed by atoms with Gasteiger partial charge in [-0.2, -0.15) is 9.78 Å². The number of nitrogens with one attached hydrogen (secondary N) is 2. The fourth-order valence-corrected chi connectivity index (χ4v) is 3.62. The van der Waals surface area contributed by atoms with Crippen molar-refractivity contribution in [3.63, 3.8) is 0 Å². The van der Waals surface area contributed by atoms with Crippen molar-refractivity contribution in [1.29, 1.82) is 0 Å². The number of hydrogen-bond acceptors (Lipinski definition) is 4. The third-order valence-corrected chi connectivity index (χ3v) is 5.49. The SMILES string of the molecule is CCNC(=O)n1nc(-c2cc(NC(=O)c3cccn3C)ccc2O)cc1C1CCC1. The number of phenols is 1. The number of carbonyl (C=O) groups excluding carboxylic acids is 2. The summed E-state index contributed by atoms with van der Waals surface area (Å²) >= 11 is 0. The summed E-state index contributed by atoms with van der Waals surface area (Å²) in [6.07, 6.45) is 4.96. The molecule has 2 amide bonds. The molecule has 0 saturated heterocycles. The number of benzene rings is 1. The number of carbonyl (C=O) groups is 2. The first kappa shape index (κ1) is 19.8. The molecular formula is C22H25N5O3. The van der Waals surface area contributed by atoms with E-state index in [1.807, 2.05) is 13.0 Å². The summed E-state index contributed by atoms with van der Waals surface area (Å²) in [5.74, 6) is 0.0750. The van der Waals surface area contributed by atoms with Crippen LogP contribution in [0.15, 0.2) is 42.6 Å². The van der Waals surface area contributed by atoms with Crippen LogP contribution in [0.4, 0.5) is 10.5 Å². The fraction of sp³-hybridized carbons (Fsp3) is 0.318. The molecule has 1 aromatic carbocycles. The Labute approximate surface area is 174 Å². The topological polar surface area (TPSA) is 101 Å². The van der Waals surface area contributed by atoms with Gasteiger partial charge in [0.25, 0.3) is 5.91 Å². The molecule has 0 atom stereocenters. The molecule has 0 bridgehead atoms. The minimum Gasteiger partial charge on any atom is -0.507 e. The van der Waals surface area contributed by atoms with Crippen molar-refractivity contribution in [3.8, 4) is 17.0 Å². The van der Waals surface area contributed by atoms with Crippen LogP contribution in [0.5, 0.6) is 5.75 Å². The van der Waals surface area contributed by atoms with Crippen molar-refractivity contribution in [2.75, 3.05) is 11.9 Å². The van der Waals surface area contributed by atoms with Gasteiger partial charge < -0.3 is 20.3 Å². The molecular weight excluding hydrogens is 382 g/mol. The minimum absolute atomic E-state index is 0.0348. The van der Waals surface area contributed by atoms with Gasteiger partial charge in [-0.25, -0.2) is 4.79 Å². The number of nitrogens with zero attached hydrogens (tertiary/aromatic N) is 3. The number of aromatic hydroxyl groups is 1. The van der Waals surface area contributed by atoms with Gasteiger partial charge in [0.15, 0.2) is 0 Å². The number of aryl methyl sites for hydroxylation is 1. The molecule has 0 aliphatic heterocycles. The first-order chi connectivity index (χ1) is 14.5. The second kappa shape index (κ2) is 8.06. The van der Waals surface area contributed by atoms with Crippen LogP contribution >= 0.6 is 0 Å². The average Bonchev–Trinajstić information content (AvgIpc) is 3.29. The standard InChI is InChI=1S/C22H25N5O3/c1-3-23-22(30)27-19(14-6-4-7-14)13-17(25-27)16-12-15(9-10-20(16)28)24-21(29)18-8-5-11-26(18)2/h5,8-14,28H,3-4,6-7H2,1-2H3,(H,23,30)(H,24,29). The normalized spacial score (nSPS) is 13.7. The number of hydrogen-bond donors (Lipinski definition) is 3. The zero-order valence-electron chi connectivity index (χ0n) is 17.1. The van der Waals surface area contributed by atoms with E-state index < -0.39 is 0 Å². The highest BCUT2D eigenvalue weighted by atomic mass is 16.3. The van der Waals surface area contributed by atoms with Crippen molar-refractivity contribution in [2.45, 2.75) is 32.1 Å². The van der Waals surface area contributed by atoms with Gasteiger partial charge in [-0.1, -0.05) is 6.42 Å². The molecule has 0 radical (unpaired) electrons. The Morgan fingerprint density at radius 1 is 1.23 bits per heavy atom. The van der Waals surface area contributed by atoms with E-state index in [1.165, 1.54) is 10.7 Å². The van der Waals surface area contributed by atoms with Gasteiger partial charge >= 0.3 is 6.03 Å². The Hall–Kier alpha value is -3.55. The summed E-state index contributed by atoms with van der Waals surface area (Å²) < 4.78 is 3.13. The van der Waals surface area contributed by atoms with E-state index in [9.17, 15) is 14.7 Å². The molecule has 1 aliphatic carbocycles. The van der Waals surface area contributed by atoms with Crippen molar-refractivity contribution in [3.05, 3.63) is 54.0 Å². The van der Waals surface area contributed by atoms with Gasteiger partial charge in [0.1, 0.15) is 11.4 Å². The summed E-state index contributed by atoms with van der Waals surface area (Å²) in [7, 11) is 1.80. The van der Waals surface area contributed by atoms with E-state index >= 15 is 0 Å². The van der Waals surface area contributed by atoms with E-state index in [2.05, 4.69) is 15.7 Å². The number of phenolic OH excluding ortho intramolecular Hbond substituents is 1. The summed E-state index contributed by atoms with van der Waals surface area (Å²) in [6.45, 7) is 2.36. The Morgan fingerprint density at radius 2 is 2.03 bits per heavy atom. The second-order valence-electron chi connectivity index (χ2n) is 7.52. The van der Waals surface area contributed by atoms with Crippen LogP contribution < -0.4 is 10.6 Å². The molecule has 3 aromatic rings. The average molecular weight is 407 g/mol. The van der Waals surface area contributed by atoms with Crippen LogP contribution in [0.3, 0.4) is 0 Å². The Balaban J connectivity index is 1.66. The van der Waals surface area contributed by atoms with E-state index in [0.29, 0.717) is 29.2 Å². The third-order valence-electron chi connectivity index (χ3n) is 5.49. The van der Waals surface area contributed by atoms with E-state index in [4.69, 9.17) is 0 Å². The maximum atomic E-state index is 12.5. The van der Waals surface area contributed by atoms with E-state index in [0.717, 1.165) is 25.0 Å². The molecule has 3 N–H and O–H groups in total. The maximum Gasteiger partial charge on any atom is 0.342 e. The highest BCUT2D eigenvalue weighted by Gasteiger charge is 2.27. The van der Waals surface area contributed by atoms with Gasteiger partial charge in [-0.05, 0) is 56.2 Å². The molecule has 8 nitrogen and oxygen atoms in total. The molecule has 156 valence electrons. The zero-order chi connectivity index (χ0) is 21.3. The quantitative estimate of drug-likeness (QED) is 0.562. The highest BCUT2D eigenvalue weighted by Crippen LogP contribution is 2.39. The Morgan fingerprint density at radius 3 is 2.67 bits per heavy atom. The van der Waals surface area contributed by atoms with E-state index in [-0.39, 0.29) is 23.6 Å². The number of amides is 2. The lowest BCUT2D eigenvalue weighted by atomic mass is 9.82. The van der Waals surface area contributed by atoms with Crippen LogP contribution in [0.2, 0.25) is 0 Å². The van der Waals surface area contributed by atoms with Gasteiger partial charge in [-0.15, -0.1) is 0 Å². The summed E-state index contributed by atoms with van der Waals surface area (Å²) in [6, 6.07) is 9.93. The van der Waals surface area contributed by atoms with Crippen molar-refractivity contribution >= 4 is 17.6 Å². The lowest BCUT2D eigenvalue weighted by Crippen LogP contribution is -2.31. The van der Waals surface area contributed by atoms with E-state index in [1.54, 1.807) is 42.1 Å². The van der Waals surface area contributed by atoms with Gasteiger partial charge in [0.05, 0.1) is 11.4 Å². The second-order valence-corrected chi connectivity index (χ2v) is 7.52. The fourth-order valence-electron chi connectivity index (χ4n) is 3.62. The van der Waals surface area contributed by atoms with Gasteiger partial charge in [0, 0.05) is 37.0 Å². The Bertz CT molecular complexity index is 1090. The molecule has 8 heteroatoms. The number of anilines is 1. The van der Waals surface area contributed by atoms with Crippen molar-refractivity contribution in [1.82, 2.24) is 19.7 Å². The summed E-state index contributed by atoms with van der Waals surface area (Å²) in [5.41, 5.74) is 2.86. The van der Waals surface area contributed by atoms with Crippen LogP contribution in [-0.4, -0.2) is 37.9 Å². The molecule has 4 rings (SSSR count). The first-order valence-electron chi connectivity index (χ1n) is 10.1. The molecule has 2 aromatic heterocycles. The summed E-state index contributed by atoms with van der Waals surface area (Å²) in [5, 5.41) is 20.5. The molecule has 30 heavy (non-hydrogen) atoms. The smallest absolute Gasteiger partial charge is 0.342 e. The van der Waals surface area contributed by atoms with Crippen molar-refractivity contribution in [2.24, 2.45) is 7.05 Å². The maximum absolute atomic E-state index is 12.5. The first-order valence-corrected chi connectivity index (χ1v) is 10.1. The zero-order valence-corrected chi connectivity index (χ0v) is 17.1. The van der Waals surface area contributed by atoms with Gasteiger partial charge in [-0.3, -0.25) is 4.79 Å². The largest absolute Gasteiger partial charge is 0.507 e. The molecule has 0 unspecified atom stereocenters. The summed E-state index contributed by atoms with van der Waals surface area (Å²) in [4.78, 5) is 25.0. The molecule has 2 heterocycles. The lowest BCUT2D eigenvalue weighted by molar-refractivity contribution is 0.101. The highest BCUT2D eigenvalue weighted by molar-refractivity contribution is 6.03. The van der Waals surface area contributed by atoms with Crippen LogP contribution in [-0.2, 0) is 7.05 Å². The molecule has 1 fully saturated rings. The molecule has 1 saturated carbocycles. The third kappa shape index (κ3) is 3.68. The predicted octanol–water partition coefficient (Wildman–Crippen LogP) is 3.69. The molecule has 0 spiro atoms.